The second-order valence-electron chi connectivity index (χ2n) is 3.57. The lowest BCUT2D eigenvalue weighted by molar-refractivity contribution is 0.552. The van der Waals surface area contributed by atoms with Crippen LogP contribution < -0.4 is 0 Å². The fourth-order valence-electron chi connectivity index (χ4n) is 1.18. The van der Waals surface area contributed by atoms with Gasteiger partial charge in [-0.15, -0.1) is 23.4 Å². The summed E-state index contributed by atoms with van der Waals surface area (Å²) < 4.78 is 1.84. The first-order valence-corrected chi connectivity index (χ1v) is 6.41. The summed E-state index contributed by atoms with van der Waals surface area (Å²) in [5.41, 5.74) is 0. The minimum absolute atomic E-state index is 0.733. The third kappa shape index (κ3) is 4.38. The van der Waals surface area contributed by atoms with E-state index in [2.05, 4.69) is 18.2 Å². The highest BCUT2D eigenvalue weighted by Gasteiger charge is 2.02. The molecule has 1 atom stereocenters. The average Bonchev–Trinajstić information content (AvgIpc) is 2.52. The SMILES string of the molecule is CC(CCCl)CCSc1cnn(C)c1. The Kier molecular flexibility index (Phi) is 5.41. The van der Waals surface area contributed by atoms with Crippen molar-refractivity contribution in [3.05, 3.63) is 12.4 Å². The van der Waals surface area contributed by atoms with Crippen molar-refractivity contribution in [1.82, 2.24) is 9.78 Å². The second-order valence-corrected chi connectivity index (χ2v) is 5.12. The Bertz CT molecular complexity index is 262. The van der Waals surface area contributed by atoms with Gasteiger partial charge in [0.15, 0.2) is 0 Å². The van der Waals surface area contributed by atoms with Gasteiger partial charge in [0, 0.05) is 24.0 Å². The summed E-state index contributed by atoms with van der Waals surface area (Å²) in [4.78, 5) is 1.26. The highest BCUT2D eigenvalue weighted by atomic mass is 35.5. The highest BCUT2D eigenvalue weighted by molar-refractivity contribution is 7.99. The summed E-state index contributed by atoms with van der Waals surface area (Å²) in [5.74, 6) is 2.67. The summed E-state index contributed by atoms with van der Waals surface area (Å²) in [6, 6.07) is 0. The molecule has 4 heteroatoms. The molecule has 2 nitrogen and oxygen atoms in total. The number of alkyl halides is 1. The molecule has 1 aromatic heterocycles. The average molecular weight is 233 g/mol. The first-order valence-electron chi connectivity index (χ1n) is 4.89. The monoisotopic (exact) mass is 232 g/mol. The summed E-state index contributed by atoms with van der Waals surface area (Å²) in [5, 5.41) is 4.13. The molecule has 80 valence electrons. The van der Waals surface area contributed by atoms with Gasteiger partial charge in [-0.25, -0.2) is 0 Å². The molecule has 0 saturated heterocycles. The standard InChI is InChI=1S/C10H17ClN2S/c1-9(3-5-11)4-6-14-10-7-12-13(2)8-10/h7-9H,3-6H2,1-2H3. The zero-order chi connectivity index (χ0) is 10.4. The zero-order valence-electron chi connectivity index (χ0n) is 8.74. The van der Waals surface area contributed by atoms with Gasteiger partial charge < -0.3 is 0 Å². The van der Waals surface area contributed by atoms with Crippen molar-refractivity contribution in [3.8, 4) is 0 Å². The van der Waals surface area contributed by atoms with E-state index in [1.807, 2.05) is 29.7 Å². The van der Waals surface area contributed by atoms with Crippen molar-refractivity contribution in [2.75, 3.05) is 11.6 Å². The smallest absolute Gasteiger partial charge is 0.0625 e. The Hall–Kier alpha value is -0.150. The van der Waals surface area contributed by atoms with E-state index < -0.39 is 0 Å². The Labute approximate surface area is 95.0 Å². The van der Waals surface area contributed by atoms with Crippen LogP contribution in [0, 0.1) is 5.92 Å². The van der Waals surface area contributed by atoms with Gasteiger partial charge >= 0.3 is 0 Å². The van der Waals surface area contributed by atoms with Crippen LogP contribution in [0.25, 0.3) is 0 Å². The Morgan fingerprint density at radius 1 is 1.57 bits per heavy atom. The number of halogens is 1. The molecule has 0 bridgehead atoms. The number of nitrogens with zero attached hydrogens (tertiary/aromatic N) is 2. The summed E-state index contributed by atoms with van der Waals surface area (Å²) in [6.07, 6.45) is 6.31. The van der Waals surface area contributed by atoms with E-state index in [1.54, 1.807) is 0 Å². The molecule has 0 amide bonds. The molecule has 0 N–H and O–H groups in total. The zero-order valence-corrected chi connectivity index (χ0v) is 10.3. The largest absolute Gasteiger partial charge is 0.275 e. The Balaban J connectivity index is 2.15. The van der Waals surface area contributed by atoms with Crippen LogP contribution in [0.3, 0.4) is 0 Å². The molecule has 0 aliphatic carbocycles. The number of thioether (sulfide) groups is 1. The molecular weight excluding hydrogens is 216 g/mol. The number of aromatic nitrogens is 2. The maximum atomic E-state index is 5.68. The molecule has 0 aliphatic heterocycles. The van der Waals surface area contributed by atoms with Crippen molar-refractivity contribution in [2.45, 2.75) is 24.7 Å². The van der Waals surface area contributed by atoms with E-state index in [1.165, 1.54) is 11.3 Å². The van der Waals surface area contributed by atoms with E-state index >= 15 is 0 Å². The fraction of sp³-hybridized carbons (Fsp3) is 0.700. The van der Waals surface area contributed by atoms with E-state index in [9.17, 15) is 0 Å². The van der Waals surface area contributed by atoms with Crippen LogP contribution in [-0.4, -0.2) is 21.4 Å². The molecular formula is C10H17ClN2S. The maximum Gasteiger partial charge on any atom is 0.0625 e. The van der Waals surface area contributed by atoms with Gasteiger partial charge in [-0.3, -0.25) is 4.68 Å². The van der Waals surface area contributed by atoms with E-state index in [-0.39, 0.29) is 0 Å². The van der Waals surface area contributed by atoms with Gasteiger partial charge in [0.2, 0.25) is 0 Å². The van der Waals surface area contributed by atoms with Gasteiger partial charge in [0.25, 0.3) is 0 Å². The molecule has 0 aromatic carbocycles. The quantitative estimate of drug-likeness (QED) is 0.554. The van der Waals surface area contributed by atoms with Gasteiger partial charge in [-0.2, -0.15) is 5.10 Å². The van der Waals surface area contributed by atoms with Crippen LogP contribution in [0.1, 0.15) is 19.8 Å². The molecule has 1 unspecified atom stereocenters. The topological polar surface area (TPSA) is 17.8 Å². The highest BCUT2D eigenvalue weighted by Crippen LogP contribution is 2.20. The van der Waals surface area contributed by atoms with E-state index in [0.29, 0.717) is 0 Å². The van der Waals surface area contributed by atoms with Crippen LogP contribution in [-0.2, 0) is 7.05 Å². The van der Waals surface area contributed by atoms with Crippen molar-refractivity contribution >= 4 is 23.4 Å². The van der Waals surface area contributed by atoms with Crippen LogP contribution in [0.4, 0.5) is 0 Å². The predicted octanol–water partition coefficient (Wildman–Crippen LogP) is 3.17. The second kappa shape index (κ2) is 6.36. The lowest BCUT2D eigenvalue weighted by Gasteiger charge is -2.07. The number of hydrogen-bond donors (Lipinski definition) is 0. The lowest BCUT2D eigenvalue weighted by atomic mass is 10.1. The van der Waals surface area contributed by atoms with Crippen LogP contribution in [0.2, 0.25) is 0 Å². The van der Waals surface area contributed by atoms with E-state index in [4.69, 9.17) is 11.6 Å². The molecule has 0 spiro atoms. The Morgan fingerprint density at radius 2 is 2.36 bits per heavy atom. The molecule has 1 aromatic rings. The molecule has 14 heavy (non-hydrogen) atoms. The molecule has 0 saturated carbocycles. The normalized spacial score (nSPS) is 13.1. The van der Waals surface area contributed by atoms with Crippen molar-refractivity contribution < 1.29 is 0 Å². The summed E-state index contributed by atoms with van der Waals surface area (Å²) in [7, 11) is 1.94. The van der Waals surface area contributed by atoms with Gasteiger partial charge in [0.1, 0.15) is 0 Å². The van der Waals surface area contributed by atoms with Gasteiger partial charge in [-0.05, 0) is 24.5 Å². The molecule has 0 radical (unpaired) electrons. The number of rotatable bonds is 6. The first-order chi connectivity index (χ1) is 6.72. The lowest BCUT2D eigenvalue weighted by Crippen LogP contribution is -1.96. The number of aryl methyl sites for hydroxylation is 1. The number of hydrogen-bond acceptors (Lipinski definition) is 2. The van der Waals surface area contributed by atoms with E-state index in [0.717, 1.165) is 24.0 Å². The first kappa shape index (κ1) is 11.9. The van der Waals surface area contributed by atoms with Crippen LogP contribution in [0.5, 0.6) is 0 Å². The molecule has 0 fully saturated rings. The molecule has 1 rings (SSSR count). The third-order valence-corrected chi connectivity index (χ3v) is 3.36. The van der Waals surface area contributed by atoms with Crippen molar-refractivity contribution in [1.29, 1.82) is 0 Å². The van der Waals surface area contributed by atoms with Crippen molar-refractivity contribution in [3.63, 3.8) is 0 Å². The minimum Gasteiger partial charge on any atom is -0.275 e. The van der Waals surface area contributed by atoms with Crippen LogP contribution in [0.15, 0.2) is 17.3 Å². The predicted molar refractivity (Wildman–Crippen MR) is 63.1 cm³/mol. The molecule has 0 aliphatic rings. The minimum atomic E-state index is 0.733. The van der Waals surface area contributed by atoms with Gasteiger partial charge in [0.05, 0.1) is 6.20 Å². The van der Waals surface area contributed by atoms with Gasteiger partial charge in [-0.1, -0.05) is 6.92 Å². The maximum absolute atomic E-state index is 5.68. The van der Waals surface area contributed by atoms with Crippen LogP contribution >= 0.6 is 23.4 Å². The third-order valence-electron chi connectivity index (χ3n) is 2.16. The summed E-state index contributed by atoms with van der Waals surface area (Å²) >= 11 is 7.54. The molecule has 1 heterocycles. The van der Waals surface area contributed by atoms with Crippen molar-refractivity contribution in [2.24, 2.45) is 13.0 Å². The Morgan fingerprint density at radius 3 is 2.93 bits per heavy atom. The fourth-order valence-corrected chi connectivity index (χ4v) is 2.66. The summed E-state index contributed by atoms with van der Waals surface area (Å²) in [6.45, 7) is 2.26.